The van der Waals surface area contributed by atoms with Crippen molar-refractivity contribution in [2.24, 2.45) is 0 Å². The van der Waals surface area contributed by atoms with E-state index < -0.39 is 5.97 Å². The third kappa shape index (κ3) is 7.18. The molecule has 0 saturated carbocycles. The molecule has 0 aliphatic carbocycles. The highest BCUT2D eigenvalue weighted by atomic mass is 35.5. The quantitative estimate of drug-likeness (QED) is 0.470. The molecule has 1 aliphatic rings. The molecule has 0 spiro atoms. The molecule has 0 aromatic heterocycles. The van der Waals surface area contributed by atoms with Gasteiger partial charge in [0.05, 0.1) is 31.6 Å². The van der Waals surface area contributed by atoms with Crippen molar-refractivity contribution in [2.45, 2.75) is 13.0 Å². The Hall–Kier alpha value is -2.19. The molecule has 2 aromatic carbocycles. The number of morpholine rings is 1. The number of anilines is 1. The molecule has 8 heteroatoms. The second kappa shape index (κ2) is 12.0. The average molecular weight is 462 g/mol. The van der Waals surface area contributed by atoms with E-state index in [-0.39, 0.29) is 0 Å². The van der Waals surface area contributed by atoms with Gasteiger partial charge >= 0.3 is 5.97 Å². The van der Waals surface area contributed by atoms with Crippen LogP contribution < -0.4 is 5.32 Å². The first kappa shape index (κ1) is 23.5. The molecule has 0 amide bonds. The lowest BCUT2D eigenvalue weighted by molar-refractivity contribution is 0.0367. The standard InChI is InChI=1S/C23H28ClN3O3S/c1-29-22(28)20-8-2-3-9-21(20)25-23(31)27(17-18-6-4-7-19(24)16-18)11-5-10-26-12-14-30-15-13-26/h2-4,6-9,16H,5,10-15,17H2,1H3,(H,25,31). The highest BCUT2D eigenvalue weighted by Crippen LogP contribution is 2.19. The topological polar surface area (TPSA) is 54.0 Å². The number of rotatable bonds is 8. The van der Waals surface area contributed by atoms with Crippen molar-refractivity contribution < 1.29 is 14.3 Å². The zero-order valence-corrected chi connectivity index (χ0v) is 19.3. The Morgan fingerprint density at radius 1 is 1.23 bits per heavy atom. The number of hydrogen-bond acceptors (Lipinski definition) is 5. The Morgan fingerprint density at radius 2 is 2.00 bits per heavy atom. The van der Waals surface area contributed by atoms with Crippen molar-refractivity contribution in [3.05, 3.63) is 64.7 Å². The van der Waals surface area contributed by atoms with E-state index in [1.807, 2.05) is 36.4 Å². The van der Waals surface area contributed by atoms with Crippen LogP contribution in [0.5, 0.6) is 0 Å². The zero-order valence-electron chi connectivity index (χ0n) is 17.7. The minimum absolute atomic E-state index is 0.403. The van der Waals surface area contributed by atoms with E-state index >= 15 is 0 Å². The molecule has 1 aliphatic heterocycles. The predicted molar refractivity (Wildman–Crippen MR) is 128 cm³/mol. The zero-order chi connectivity index (χ0) is 22.1. The number of nitrogens with zero attached hydrogens (tertiary/aromatic N) is 2. The van der Waals surface area contributed by atoms with Crippen LogP contribution >= 0.6 is 23.8 Å². The lowest BCUT2D eigenvalue weighted by Crippen LogP contribution is -2.40. The Labute approximate surface area is 194 Å². The summed E-state index contributed by atoms with van der Waals surface area (Å²) >= 11 is 11.9. The number of nitrogens with one attached hydrogen (secondary N) is 1. The normalized spacial score (nSPS) is 14.1. The van der Waals surface area contributed by atoms with Crippen molar-refractivity contribution in [2.75, 3.05) is 51.8 Å². The Morgan fingerprint density at radius 3 is 2.74 bits per heavy atom. The van der Waals surface area contributed by atoms with Crippen LogP contribution in [0.3, 0.4) is 0 Å². The largest absolute Gasteiger partial charge is 0.465 e. The fourth-order valence-corrected chi connectivity index (χ4v) is 3.97. The van der Waals surface area contributed by atoms with E-state index in [4.69, 9.17) is 33.3 Å². The molecule has 3 rings (SSSR count). The number of carbonyl (C=O) groups excluding carboxylic acids is 1. The van der Waals surface area contributed by atoms with Gasteiger partial charge in [-0.1, -0.05) is 35.9 Å². The first-order chi connectivity index (χ1) is 15.1. The highest BCUT2D eigenvalue weighted by molar-refractivity contribution is 7.80. The van der Waals surface area contributed by atoms with E-state index in [1.54, 1.807) is 12.1 Å². The number of methoxy groups -OCH3 is 1. The van der Waals surface area contributed by atoms with Crippen LogP contribution in [0.4, 0.5) is 5.69 Å². The van der Waals surface area contributed by atoms with Crippen LogP contribution in [0.25, 0.3) is 0 Å². The fraction of sp³-hybridized carbons (Fsp3) is 0.391. The van der Waals surface area contributed by atoms with Gasteiger partial charge in [-0.2, -0.15) is 0 Å². The maximum atomic E-state index is 12.1. The van der Waals surface area contributed by atoms with Gasteiger partial charge in [0.15, 0.2) is 5.11 Å². The molecule has 31 heavy (non-hydrogen) atoms. The Bertz CT molecular complexity index is 890. The third-order valence-electron chi connectivity index (χ3n) is 5.13. The molecule has 1 fully saturated rings. The van der Waals surface area contributed by atoms with Crippen molar-refractivity contribution in [1.82, 2.24) is 9.80 Å². The number of esters is 1. The molecule has 1 saturated heterocycles. The second-order valence-electron chi connectivity index (χ2n) is 7.33. The van der Waals surface area contributed by atoms with Crippen LogP contribution in [0.1, 0.15) is 22.3 Å². The molecule has 0 bridgehead atoms. The summed E-state index contributed by atoms with van der Waals surface area (Å²) in [6.45, 7) is 5.88. The van der Waals surface area contributed by atoms with Crippen LogP contribution in [0.15, 0.2) is 48.5 Å². The maximum Gasteiger partial charge on any atom is 0.339 e. The molecule has 0 unspecified atom stereocenters. The van der Waals surface area contributed by atoms with Crippen molar-refractivity contribution >= 4 is 40.6 Å². The minimum Gasteiger partial charge on any atom is -0.465 e. The van der Waals surface area contributed by atoms with Crippen molar-refractivity contribution in [3.63, 3.8) is 0 Å². The van der Waals surface area contributed by atoms with Gasteiger partial charge in [-0.3, -0.25) is 4.90 Å². The number of benzene rings is 2. The number of halogens is 1. The summed E-state index contributed by atoms with van der Waals surface area (Å²) in [4.78, 5) is 16.6. The summed E-state index contributed by atoms with van der Waals surface area (Å²) in [5, 5.41) is 4.49. The summed E-state index contributed by atoms with van der Waals surface area (Å²) in [5.74, 6) is -0.403. The molecule has 1 heterocycles. The van der Waals surface area contributed by atoms with Crippen molar-refractivity contribution in [1.29, 1.82) is 0 Å². The molecular weight excluding hydrogens is 434 g/mol. The summed E-state index contributed by atoms with van der Waals surface area (Å²) in [7, 11) is 1.37. The van der Waals surface area contributed by atoms with Gasteiger partial charge < -0.3 is 19.7 Å². The average Bonchev–Trinajstić information content (AvgIpc) is 2.79. The number of thiocarbonyl (C=S) groups is 1. The number of hydrogen-bond donors (Lipinski definition) is 1. The highest BCUT2D eigenvalue weighted by Gasteiger charge is 2.17. The van der Waals surface area contributed by atoms with E-state index in [9.17, 15) is 4.79 Å². The van der Waals surface area contributed by atoms with Crippen LogP contribution in [0.2, 0.25) is 5.02 Å². The SMILES string of the molecule is COC(=O)c1ccccc1NC(=S)N(CCCN1CCOCC1)Cc1cccc(Cl)c1. The van der Waals surface area contributed by atoms with Gasteiger partial charge in [0.2, 0.25) is 0 Å². The van der Waals surface area contributed by atoms with Gasteiger partial charge in [0.1, 0.15) is 0 Å². The van der Waals surface area contributed by atoms with Crippen LogP contribution in [-0.4, -0.2) is 67.4 Å². The fourth-order valence-electron chi connectivity index (χ4n) is 3.49. The molecule has 1 N–H and O–H groups in total. The van der Waals surface area contributed by atoms with Crippen molar-refractivity contribution in [3.8, 4) is 0 Å². The van der Waals surface area contributed by atoms with Gasteiger partial charge in [-0.15, -0.1) is 0 Å². The lowest BCUT2D eigenvalue weighted by Gasteiger charge is -2.30. The smallest absolute Gasteiger partial charge is 0.339 e. The predicted octanol–water partition coefficient (Wildman–Crippen LogP) is 4.05. The molecule has 2 aromatic rings. The number of carbonyl (C=O) groups is 1. The first-order valence-corrected chi connectivity index (χ1v) is 11.1. The Balaban J connectivity index is 1.70. The summed E-state index contributed by atoms with van der Waals surface area (Å²) in [6, 6.07) is 15.0. The number of para-hydroxylation sites is 1. The lowest BCUT2D eigenvalue weighted by atomic mass is 10.2. The summed E-state index contributed by atoms with van der Waals surface area (Å²) < 4.78 is 10.3. The van der Waals surface area contributed by atoms with Gasteiger partial charge in [0, 0.05) is 37.7 Å². The van der Waals surface area contributed by atoms with E-state index in [2.05, 4.69) is 15.1 Å². The third-order valence-corrected chi connectivity index (χ3v) is 5.73. The summed E-state index contributed by atoms with van der Waals surface area (Å²) in [6.07, 6.45) is 0.959. The van der Waals surface area contributed by atoms with Crippen LogP contribution in [-0.2, 0) is 16.0 Å². The molecule has 0 atom stereocenters. The molecule has 166 valence electrons. The van der Waals surface area contributed by atoms with E-state index in [0.29, 0.717) is 27.9 Å². The van der Waals surface area contributed by atoms with Gasteiger partial charge in [-0.25, -0.2) is 4.79 Å². The minimum atomic E-state index is -0.403. The monoisotopic (exact) mass is 461 g/mol. The Kier molecular flexibility index (Phi) is 9.09. The van der Waals surface area contributed by atoms with E-state index in [0.717, 1.165) is 51.4 Å². The molecular formula is C23H28ClN3O3S. The second-order valence-corrected chi connectivity index (χ2v) is 8.15. The van der Waals surface area contributed by atoms with Gasteiger partial charge in [-0.05, 0) is 48.5 Å². The van der Waals surface area contributed by atoms with Crippen LogP contribution in [0, 0.1) is 0 Å². The first-order valence-electron chi connectivity index (χ1n) is 10.3. The van der Waals surface area contributed by atoms with Gasteiger partial charge in [0.25, 0.3) is 0 Å². The summed E-state index contributed by atoms with van der Waals surface area (Å²) in [5.41, 5.74) is 2.15. The maximum absolute atomic E-state index is 12.1. The molecule has 0 radical (unpaired) electrons. The van der Waals surface area contributed by atoms with E-state index in [1.165, 1.54) is 7.11 Å². The molecule has 6 nitrogen and oxygen atoms in total. The number of ether oxygens (including phenoxy) is 2.